The van der Waals surface area contributed by atoms with Crippen LogP contribution in [0.1, 0.15) is 25.7 Å². The highest BCUT2D eigenvalue weighted by molar-refractivity contribution is 4.60. The van der Waals surface area contributed by atoms with Crippen LogP contribution < -0.4 is 11.5 Å². The number of nitrogens with two attached hydrogens (primary N) is 2. The summed E-state index contributed by atoms with van der Waals surface area (Å²) >= 11 is 0. The molecule has 0 saturated heterocycles. The molecule has 0 radical (unpaired) electrons. The number of aliphatic hydroxyl groups is 2. The smallest absolute Gasteiger partial charge is 0.151 e. The van der Waals surface area contributed by atoms with Gasteiger partial charge in [0.15, 0.2) is 6.29 Å². The predicted molar refractivity (Wildman–Crippen MR) is 43.7 cm³/mol. The van der Waals surface area contributed by atoms with E-state index in [2.05, 4.69) is 0 Å². The van der Waals surface area contributed by atoms with Crippen molar-refractivity contribution in [3.63, 3.8) is 0 Å². The average molecular weight is 162 g/mol. The highest BCUT2D eigenvalue weighted by atomic mass is 16.5. The molecule has 0 fully saturated rings. The lowest BCUT2D eigenvalue weighted by Crippen LogP contribution is -2.29. The third-order valence-electron chi connectivity index (χ3n) is 1.59. The van der Waals surface area contributed by atoms with Crippen molar-refractivity contribution in [2.45, 2.75) is 38.0 Å². The molecule has 0 aliphatic carbocycles. The minimum absolute atomic E-state index is 0.0610. The zero-order valence-electron chi connectivity index (χ0n) is 6.74. The van der Waals surface area contributed by atoms with Crippen molar-refractivity contribution in [3.05, 3.63) is 0 Å². The molecule has 0 saturated carbocycles. The van der Waals surface area contributed by atoms with Crippen molar-refractivity contribution in [3.8, 4) is 0 Å². The summed E-state index contributed by atoms with van der Waals surface area (Å²) in [5, 5.41) is 16.9. The van der Waals surface area contributed by atoms with Crippen LogP contribution in [0, 0.1) is 0 Å². The number of unbranched alkanes of at least 4 members (excludes halogenated alkanes) is 1. The molecule has 1 atom stereocenters. The Balaban J connectivity index is 3.01. The molecule has 0 heterocycles. The van der Waals surface area contributed by atoms with Gasteiger partial charge in [-0.05, 0) is 19.3 Å². The number of aliphatic hydroxyl groups excluding tert-OH is 1. The van der Waals surface area contributed by atoms with Gasteiger partial charge in [-0.1, -0.05) is 6.42 Å². The number of hydrogen-bond donors (Lipinski definition) is 4. The Bertz CT molecular complexity index is 88.5. The second-order valence-corrected chi connectivity index (χ2v) is 2.76. The van der Waals surface area contributed by atoms with Crippen molar-refractivity contribution in [1.29, 1.82) is 0 Å². The molecule has 0 aromatic heterocycles. The van der Waals surface area contributed by atoms with Gasteiger partial charge in [-0.2, -0.15) is 0 Å². The minimum Gasteiger partial charge on any atom is -0.368 e. The third kappa shape index (κ3) is 7.74. The van der Waals surface area contributed by atoms with Crippen LogP contribution >= 0.6 is 0 Å². The topological polar surface area (TPSA) is 92.5 Å². The predicted octanol–water partition coefficient (Wildman–Crippen LogP) is -0.857. The van der Waals surface area contributed by atoms with Crippen molar-refractivity contribution in [2.24, 2.45) is 11.5 Å². The van der Waals surface area contributed by atoms with Crippen molar-refractivity contribution >= 4 is 0 Å². The van der Waals surface area contributed by atoms with E-state index in [1.807, 2.05) is 0 Å². The van der Waals surface area contributed by atoms with Crippen LogP contribution in [0.4, 0.5) is 0 Å². The molecule has 4 nitrogen and oxygen atoms in total. The van der Waals surface area contributed by atoms with Gasteiger partial charge in [-0.15, -0.1) is 0 Å². The summed E-state index contributed by atoms with van der Waals surface area (Å²) in [4.78, 5) is 0. The summed E-state index contributed by atoms with van der Waals surface area (Å²) < 4.78 is 0. The molecule has 6 N–H and O–H groups in total. The van der Waals surface area contributed by atoms with Crippen LogP contribution in [0.25, 0.3) is 0 Å². The van der Waals surface area contributed by atoms with Crippen LogP contribution in [0.3, 0.4) is 0 Å². The monoisotopic (exact) mass is 162 g/mol. The summed E-state index contributed by atoms with van der Waals surface area (Å²) in [5.41, 5.74) is 10.8. The SMILES string of the molecule is NCC(N)CCCCC(O)O. The summed E-state index contributed by atoms with van der Waals surface area (Å²) in [6.45, 7) is 0.502. The first-order chi connectivity index (χ1) is 5.16. The van der Waals surface area contributed by atoms with Gasteiger partial charge in [-0.25, -0.2) is 0 Å². The quantitative estimate of drug-likeness (QED) is 0.302. The van der Waals surface area contributed by atoms with E-state index in [0.717, 1.165) is 19.3 Å². The van der Waals surface area contributed by atoms with E-state index in [1.165, 1.54) is 0 Å². The first kappa shape index (κ1) is 10.8. The zero-order valence-corrected chi connectivity index (χ0v) is 6.74. The van der Waals surface area contributed by atoms with Gasteiger partial charge >= 0.3 is 0 Å². The maximum absolute atomic E-state index is 8.47. The van der Waals surface area contributed by atoms with Gasteiger partial charge in [0.25, 0.3) is 0 Å². The van der Waals surface area contributed by atoms with Crippen molar-refractivity contribution in [1.82, 2.24) is 0 Å². The Hall–Kier alpha value is -0.160. The second-order valence-electron chi connectivity index (χ2n) is 2.76. The minimum atomic E-state index is -1.18. The Morgan fingerprint density at radius 3 is 2.09 bits per heavy atom. The molecule has 1 unspecified atom stereocenters. The van der Waals surface area contributed by atoms with E-state index >= 15 is 0 Å². The van der Waals surface area contributed by atoms with E-state index < -0.39 is 6.29 Å². The molecule has 0 aliphatic heterocycles. The molecule has 0 aromatic rings. The molecule has 0 rings (SSSR count). The Morgan fingerprint density at radius 2 is 1.64 bits per heavy atom. The Labute approximate surface area is 67.2 Å². The molecule has 0 bridgehead atoms. The first-order valence-electron chi connectivity index (χ1n) is 3.98. The number of rotatable bonds is 6. The Kier molecular flexibility index (Phi) is 6.45. The van der Waals surface area contributed by atoms with Crippen LogP contribution in [-0.4, -0.2) is 29.1 Å². The zero-order chi connectivity index (χ0) is 8.69. The molecule has 0 aromatic carbocycles. The van der Waals surface area contributed by atoms with Crippen molar-refractivity contribution < 1.29 is 10.2 Å². The van der Waals surface area contributed by atoms with Crippen LogP contribution in [0.5, 0.6) is 0 Å². The van der Waals surface area contributed by atoms with Gasteiger partial charge in [-0.3, -0.25) is 0 Å². The highest BCUT2D eigenvalue weighted by Gasteiger charge is 2.00. The van der Waals surface area contributed by atoms with Crippen LogP contribution in [0.15, 0.2) is 0 Å². The van der Waals surface area contributed by atoms with Crippen LogP contribution in [0.2, 0.25) is 0 Å². The van der Waals surface area contributed by atoms with Gasteiger partial charge in [0.1, 0.15) is 0 Å². The standard InChI is InChI=1S/C7H18N2O2/c8-5-6(9)3-1-2-4-7(10)11/h6-7,10-11H,1-5,8-9H2. The summed E-state index contributed by atoms with van der Waals surface area (Å²) in [6.07, 6.45) is 1.83. The van der Waals surface area contributed by atoms with E-state index in [9.17, 15) is 0 Å². The molecule has 0 aliphatic rings. The largest absolute Gasteiger partial charge is 0.368 e. The van der Waals surface area contributed by atoms with E-state index in [1.54, 1.807) is 0 Å². The lowest BCUT2D eigenvalue weighted by molar-refractivity contribution is -0.0466. The molecule has 68 valence electrons. The fraction of sp³-hybridized carbons (Fsp3) is 1.00. The Morgan fingerprint density at radius 1 is 1.09 bits per heavy atom. The molecule has 4 heteroatoms. The molecular weight excluding hydrogens is 144 g/mol. The molecule has 0 spiro atoms. The van der Waals surface area contributed by atoms with Gasteiger partial charge < -0.3 is 21.7 Å². The van der Waals surface area contributed by atoms with Gasteiger partial charge in [0.05, 0.1) is 0 Å². The lowest BCUT2D eigenvalue weighted by Gasteiger charge is -2.07. The average Bonchev–Trinajstić information content (AvgIpc) is 1.97. The molecular formula is C7H18N2O2. The first-order valence-corrected chi connectivity index (χ1v) is 3.98. The van der Waals surface area contributed by atoms with Crippen LogP contribution in [-0.2, 0) is 0 Å². The summed E-state index contributed by atoms with van der Waals surface area (Å²) in [6, 6.07) is 0.0610. The highest BCUT2D eigenvalue weighted by Crippen LogP contribution is 2.03. The molecule has 11 heavy (non-hydrogen) atoms. The normalized spacial score (nSPS) is 13.9. The second kappa shape index (κ2) is 6.54. The third-order valence-corrected chi connectivity index (χ3v) is 1.59. The van der Waals surface area contributed by atoms with Gasteiger partial charge in [0.2, 0.25) is 0 Å². The summed E-state index contributed by atoms with van der Waals surface area (Å²) in [7, 11) is 0. The summed E-state index contributed by atoms with van der Waals surface area (Å²) in [5.74, 6) is 0. The van der Waals surface area contributed by atoms with E-state index in [0.29, 0.717) is 13.0 Å². The molecule has 0 amide bonds. The van der Waals surface area contributed by atoms with Gasteiger partial charge in [0, 0.05) is 12.6 Å². The fourth-order valence-corrected chi connectivity index (χ4v) is 0.851. The maximum Gasteiger partial charge on any atom is 0.151 e. The number of hydrogen-bond acceptors (Lipinski definition) is 4. The van der Waals surface area contributed by atoms with Crippen molar-refractivity contribution in [2.75, 3.05) is 6.54 Å². The lowest BCUT2D eigenvalue weighted by atomic mass is 10.1. The van der Waals surface area contributed by atoms with E-state index in [-0.39, 0.29) is 6.04 Å². The fourth-order valence-electron chi connectivity index (χ4n) is 0.851. The van der Waals surface area contributed by atoms with E-state index in [4.69, 9.17) is 21.7 Å². The maximum atomic E-state index is 8.47.